The van der Waals surface area contributed by atoms with Gasteiger partial charge in [-0.15, -0.1) is 0 Å². The summed E-state index contributed by atoms with van der Waals surface area (Å²) in [5, 5.41) is 22.7. The van der Waals surface area contributed by atoms with Crippen molar-refractivity contribution in [1.29, 1.82) is 0 Å². The number of esters is 1. The van der Waals surface area contributed by atoms with Gasteiger partial charge in [0.15, 0.2) is 0 Å². The number of hydrogen-bond acceptors (Lipinski definition) is 4. The third kappa shape index (κ3) is 15.8. The zero-order valence-corrected chi connectivity index (χ0v) is 34.2. The normalized spacial score (nSPS) is 12.4. The van der Waals surface area contributed by atoms with Crippen molar-refractivity contribution in [3.63, 3.8) is 0 Å². The van der Waals surface area contributed by atoms with Gasteiger partial charge in [0.1, 0.15) is 11.5 Å². The van der Waals surface area contributed by atoms with E-state index in [1.54, 1.807) is 0 Å². The lowest BCUT2D eigenvalue weighted by Crippen LogP contribution is -2.18. The monoisotopic (exact) mass is 693 g/mol. The standard InChI is InChI=1S/C46H76O4/c1-11-12-13-14-15-16-17-18-19-20-21-22-23-24-25-26-29-50-41(47)28-27-35-30-37(42(48)38(32-35)44(2,3)4)31-36-33-39(45(5,6)7)43(49)40(34-36)46(8,9)10/h30,32-34,48-49H,11-29,31H2,1-10H3. The van der Waals surface area contributed by atoms with Gasteiger partial charge in [-0.2, -0.15) is 0 Å². The maximum Gasteiger partial charge on any atom is 0.306 e. The molecule has 4 heteroatoms. The van der Waals surface area contributed by atoms with Crippen LogP contribution in [0.3, 0.4) is 0 Å². The van der Waals surface area contributed by atoms with Crippen LogP contribution in [0.15, 0.2) is 24.3 Å². The lowest BCUT2D eigenvalue weighted by molar-refractivity contribution is -0.143. The van der Waals surface area contributed by atoms with Gasteiger partial charge in [0.05, 0.1) is 6.61 Å². The van der Waals surface area contributed by atoms with Crippen LogP contribution < -0.4 is 0 Å². The predicted molar refractivity (Wildman–Crippen MR) is 214 cm³/mol. The van der Waals surface area contributed by atoms with E-state index in [9.17, 15) is 15.0 Å². The molecule has 0 aromatic heterocycles. The Morgan fingerprint density at radius 2 is 0.920 bits per heavy atom. The highest BCUT2D eigenvalue weighted by Crippen LogP contribution is 2.41. The molecule has 0 radical (unpaired) electrons. The number of aryl methyl sites for hydroxylation is 1. The molecule has 2 rings (SSSR count). The number of phenols is 2. The van der Waals surface area contributed by atoms with Crippen molar-refractivity contribution in [2.24, 2.45) is 0 Å². The van der Waals surface area contributed by atoms with Crippen molar-refractivity contribution in [2.45, 2.75) is 207 Å². The highest BCUT2D eigenvalue weighted by atomic mass is 16.5. The summed E-state index contributed by atoms with van der Waals surface area (Å²) in [6, 6.07) is 8.28. The lowest BCUT2D eigenvalue weighted by atomic mass is 9.77. The summed E-state index contributed by atoms with van der Waals surface area (Å²) >= 11 is 0. The third-order valence-electron chi connectivity index (χ3n) is 10.1. The van der Waals surface area contributed by atoms with E-state index in [0.29, 0.717) is 37.4 Å². The first-order valence-electron chi connectivity index (χ1n) is 20.3. The van der Waals surface area contributed by atoms with E-state index in [2.05, 4.69) is 87.4 Å². The number of hydrogen-bond donors (Lipinski definition) is 2. The van der Waals surface area contributed by atoms with Gasteiger partial charge in [0.2, 0.25) is 0 Å². The number of unbranched alkanes of at least 4 members (excludes halogenated alkanes) is 15. The van der Waals surface area contributed by atoms with Crippen molar-refractivity contribution >= 4 is 5.97 Å². The Labute approximate surface area is 308 Å². The molecular weight excluding hydrogens is 617 g/mol. The molecule has 0 saturated heterocycles. The van der Waals surface area contributed by atoms with Crippen LogP contribution in [0.4, 0.5) is 0 Å². The number of carbonyl (C=O) groups is 1. The molecule has 0 bridgehead atoms. The van der Waals surface area contributed by atoms with Crippen LogP contribution in [-0.4, -0.2) is 22.8 Å². The van der Waals surface area contributed by atoms with Crippen LogP contribution in [0.1, 0.15) is 212 Å². The summed E-state index contributed by atoms with van der Waals surface area (Å²) in [6.07, 6.45) is 22.7. The molecule has 0 fully saturated rings. The molecular formula is C46H76O4. The van der Waals surface area contributed by atoms with Crippen LogP contribution >= 0.6 is 0 Å². The Kier molecular flexibility index (Phi) is 18.5. The molecule has 0 saturated carbocycles. The van der Waals surface area contributed by atoms with Crippen molar-refractivity contribution < 1.29 is 19.7 Å². The number of carbonyl (C=O) groups excluding carboxylic acids is 1. The van der Waals surface area contributed by atoms with Gasteiger partial charge in [-0.25, -0.2) is 0 Å². The lowest BCUT2D eigenvalue weighted by Gasteiger charge is -2.28. The fourth-order valence-corrected chi connectivity index (χ4v) is 6.93. The Bertz CT molecular complexity index is 1250. The molecule has 0 atom stereocenters. The van der Waals surface area contributed by atoms with E-state index >= 15 is 0 Å². The first-order chi connectivity index (χ1) is 23.4. The highest BCUT2D eigenvalue weighted by Gasteiger charge is 2.27. The van der Waals surface area contributed by atoms with Crippen LogP contribution in [0, 0.1) is 0 Å². The fourth-order valence-electron chi connectivity index (χ4n) is 6.93. The predicted octanol–water partition coefficient (Wildman–Crippen LogP) is 13.3. The zero-order valence-electron chi connectivity index (χ0n) is 34.2. The molecule has 0 unspecified atom stereocenters. The van der Waals surface area contributed by atoms with Gasteiger partial charge in [0.25, 0.3) is 0 Å². The molecule has 2 aromatic carbocycles. The molecule has 0 heterocycles. The minimum Gasteiger partial charge on any atom is -0.507 e. The maximum absolute atomic E-state index is 12.7. The summed E-state index contributed by atoms with van der Waals surface area (Å²) in [6.45, 7) is 21.8. The number of phenolic OH excluding ortho intramolecular Hbond substituents is 2. The summed E-state index contributed by atoms with van der Waals surface area (Å²) in [5.74, 6) is 0.524. The van der Waals surface area contributed by atoms with Gasteiger partial charge in [-0.05, 0) is 62.5 Å². The molecule has 2 aromatic rings. The van der Waals surface area contributed by atoms with Crippen molar-refractivity contribution in [3.05, 3.63) is 57.6 Å². The first-order valence-corrected chi connectivity index (χ1v) is 20.3. The molecule has 0 spiro atoms. The fraction of sp³-hybridized carbons (Fsp3) is 0.717. The number of benzene rings is 2. The molecule has 0 aliphatic rings. The second-order valence-electron chi connectivity index (χ2n) is 18.1. The van der Waals surface area contributed by atoms with E-state index in [1.165, 1.54) is 89.9 Å². The molecule has 284 valence electrons. The van der Waals surface area contributed by atoms with Crippen LogP contribution in [0.25, 0.3) is 0 Å². The number of aromatic hydroxyl groups is 2. The SMILES string of the molecule is CCCCCCCCCCCCCCCCCCOC(=O)CCc1cc(Cc2cc(C(C)(C)C)c(O)c(C(C)(C)C)c2)c(O)c(C(C)(C)C)c1. The van der Waals surface area contributed by atoms with E-state index in [0.717, 1.165) is 46.2 Å². The van der Waals surface area contributed by atoms with E-state index in [-0.39, 0.29) is 22.2 Å². The van der Waals surface area contributed by atoms with Crippen LogP contribution in [-0.2, 0) is 38.6 Å². The zero-order chi connectivity index (χ0) is 37.4. The quantitative estimate of drug-likeness (QED) is 0.0952. The largest absolute Gasteiger partial charge is 0.507 e. The summed E-state index contributed by atoms with van der Waals surface area (Å²) in [5.41, 5.74) is 4.94. The Morgan fingerprint density at radius 1 is 0.540 bits per heavy atom. The number of rotatable bonds is 22. The Morgan fingerprint density at radius 3 is 1.34 bits per heavy atom. The van der Waals surface area contributed by atoms with Gasteiger partial charge in [0, 0.05) is 12.8 Å². The van der Waals surface area contributed by atoms with Gasteiger partial charge >= 0.3 is 5.97 Å². The van der Waals surface area contributed by atoms with Crippen LogP contribution in [0.5, 0.6) is 11.5 Å². The maximum atomic E-state index is 12.7. The second-order valence-corrected chi connectivity index (χ2v) is 18.1. The second kappa shape index (κ2) is 21.1. The Hall–Kier alpha value is -2.49. The number of ether oxygens (including phenoxy) is 1. The van der Waals surface area contributed by atoms with Crippen molar-refractivity contribution in [3.8, 4) is 11.5 Å². The topological polar surface area (TPSA) is 66.8 Å². The third-order valence-corrected chi connectivity index (χ3v) is 10.1. The minimum absolute atomic E-state index is 0.152. The van der Waals surface area contributed by atoms with Gasteiger partial charge < -0.3 is 14.9 Å². The molecule has 2 N–H and O–H groups in total. The summed E-state index contributed by atoms with van der Waals surface area (Å²) in [4.78, 5) is 12.7. The van der Waals surface area contributed by atoms with Gasteiger partial charge in [-0.3, -0.25) is 4.79 Å². The molecule has 0 amide bonds. The first kappa shape index (κ1) is 43.7. The van der Waals surface area contributed by atoms with Crippen molar-refractivity contribution in [1.82, 2.24) is 0 Å². The highest BCUT2D eigenvalue weighted by molar-refractivity contribution is 5.69. The molecule has 0 aliphatic carbocycles. The average Bonchev–Trinajstić information content (AvgIpc) is 3.01. The smallest absolute Gasteiger partial charge is 0.306 e. The van der Waals surface area contributed by atoms with E-state index < -0.39 is 0 Å². The van der Waals surface area contributed by atoms with E-state index in [4.69, 9.17) is 4.74 Å². The minimum atomic E-state index is -0.259. The Balaban J connectivity index is 1.84. The summed E-state index contributed by atoms with van der Waals surface area (Å²) < 4.78 is 5.62. The summed E-state index contributed by atoms with van der Waals surface area (Å²) in [7, 11) is 0. The van der Waals surface area contributed by atoms with Crippen LogP contribution in [0.2, 0.25) is 0 Å². The molecule has 4 nitrogen and oxygen atoms in total. The molecule has 0 aliphatic heterocycles. The van der Waals surface area contributed by atoms with E-state index in [1.807, 2.05) is 6.07 Å². The van der Waals surface area contributed by atoms with Crippen molar-refractivity contribution in [2.75, 3.05) is 6.61 Å². The van der Waals surface area contributed by atoms with Gasteiger partial charge in [-0.1, -0.05) is 190 Å². The molecule has 50 heavy (non-hydrogen) atoms. The average molecular weight is 693 g/mol.